The van der Waals surface area contributed by atoms with Gasteiger partial charge in [-0.15, -0.1) is 0 Å². The molecule has 0 aromatic heterocycles. The van der Waals surface area contributed by atoms with Crippen LogP contribution in [0, 0.1) is 5.82 Å². The second-order valence-corrected chi connectivity index (χ2v) is 11.9. The monoisotopic (exact) mass is 591 g/mol. The third kappa shape index (κ3) is 8.61. The molecule has 220 valence electrons. The molecule has 1 N–H and O–H groups in total. The predicted molar refractivity (Wildman–Crippen MR) is 146 cm³/mol. The number of benzene rings is 1. The zero-order valence-corrected chi connectivity index (χ0v) is 24.3. The molecule has 0 radical (unpaired) electrons. The maximum atomic E-state index is 13.5. The fourth-order valence-electron chi connectivity index (χ4n) is 4.47. The van der Waals surface area contributed by atoms with Crippen LogP contribution in [0.25, 0.3) is 0 Å². The van der Waals surface area contributed by atoms with Gasteiger partial charge in [0.1, 0.15) is 23.3 Å². The summed E-state index contributed by atoms with van der Waals surface area (Å²) in [6.45, 7) is 7.54. The quantitative estimate of drug-likeness (QED) is 0.224. The van der Waals surface area contributed by atoms with Gasteiger partial charge >= 0.3 is 5.97 Å². The summed E-state index contributed by atoms with van der Waals surface area (Å²) in [6, 6.07) is 3.32. The molecule has 1 heterocycles. The summed E-state index contributed by atoms with van der Waals surface area (Å²) in [6.07, 6.45) is 4.46. The molecule has 0 saturated carbocycles. The Morgan fingerprint density at radius 3 is 2.26 bits per heavy atom. The van der Waals surface area contributed by atoms with Crippen molar-refractivity contribution in [1.29, 1.82) is 0 Å². The standard InChI is InChI=1S/C27H39ClFNO8S/c1-4-7-13-34-17-23-24(18-35-14-8-5-2)38-27(37-23)12-11-25(20(16-27)26(31)36-6-3)39(32,33)30-22-10-9-19(29)15-21(22)28/h9-10,15-16,23-25,30H,4-8,11-14,17-18H2,1-3H3/t23-,24-,25?/m0/s1. The number of rotatable bonds is 15. The molecular weight excluding hydrogens is 553 g/mol. The predicted octanol–water partition coefficient (Wildman–Crippen LogP) is 4.99. The molecule has 1 spiro atoms. The smallest absolute Gasteiger partial charge is 0.335 e. The van der Waals surface area contributed by atoms with Crippen LogP contribution >= 0.6 is 11.6 Å². The van der Waals surface area contributed by atoms with E-state index in [4.69, 9.17) is 35.3 Å². The second kappa shape index (κ2) is 14.7. The molecule has 0 bridgehead atoms. The van der Waals surface area contributed by atoms with E-state index in [0.29, 0.717) is 13.2 Å². The topological polar surface area (TPSA) is 109 Å². The summed E-state index contributed by atoms with van der Waals surface area (Å²) in [4.78, 5) is 13.0. The maximum Gasteiger partial charge on any atom is 0.335 e. The second-order valence-electron chi connectivity index (χ2n) is 9.60. The van der Waals surface area contributed by atoms with Crippen molar-refractivity contribution in [2.75, 3.05) is 37.8 Å². The van der Waals surface area contributed by atoms with Gasteiger partial charge in [-0.1, -0.05) is 38.3 Å². The lowest BCUT2D eigenvalue weighted by molar-refractivity contribution is -0.157. The van der Waals surface area contributed by atoms with Crippen LogP contribution in [-0.2, 0) is 38.5 Å². The van der Waals surface area contributed by atoms with Crippen molar-refractivity contribution in [1.82, 2.24) is 0 Å². The molecule has 1 fully saturated rings. The van der Waals surface area contributed by atoms with Gasteiger partial charge in [-0.2, -0.15) is 0 Å². The third-order valence-electron chi connectivity index (χ3n) is 6.51. The van der Waals surface area contributed by atoms with Crippen LogP contribution in [0.15, 0.2) is 29.8 Å². The van der Waals surface area contributed by atoms with Crippen molar-refractivity contribution in [3.05, 3.63) is 40.7 Å². The molecule has 0 amide bonds. The van der Waals surface area contributed by atoms with Crippen LogP contribution in [0.2, 0.25) is 5.02 Å². The van der Waals surface area contributed by atoms with Gasteiger partial charge in [0.15, 0.2) is 5.79 Å². The van der Waals surface area contributed by atoms with Crippen LogP contribution in [0.4, 0.5) is 10.1 Å². The van der Waals surface area contributed by atoms with Gasteiger partial charge in [-0.25, -0.2) is 17.6 Å². The first-order chi connectivity index (χ1) is 18.6. The van der Waals surface area contributed by atoms with E-state index in [1.54, 1.807) is 6.92 Å². The molecule has 2 aliphatic rings. The fraction of sp³-hybridized carbons (Fsp3) is 0.667. The van der Waals surface area contributed by atoms with Crippen molar-refractivity contribution in [2.45, 2.75) is 82.5 Å². The highest BCUT2D eigenvalue weighted by atomic mass is 35.5. The van der Waals surface area contributed by atoms with E-state index in [1.807, 2.05) is 0 Å². The molecule has 1 aromatic carbocycles. The minimum absolute atomic E-state index is 0.00325. The van der Waals surface area contributed by atoms with Gasteiger partial charge < -0.3 is 23.7 Å². The normalized spacial score (nSPS) is 22.6. The van der Waals surface area contributed by atoms with Crippen molar-refractivity contribution in [3.63, 3.8) is 0 Å². The van der Waals surface area contributed by atoms with E-state index in [0.717, 1.165) is 37.8 Å². The van der Waals surface area contributed by atoms with Gasteiger partial charge in [-0.3, -0.25) is 4.72 Å². The SMILES string of the molecule is CCCCOC[C@@H]1OC2(C=C(C(=O)OCC)C(S(=O)(=O)Nc3ccc(F)cc3Cl)CC2)O[C@H]1COCCCC. The molecule has 3 atom stereocenters. The molecule has 1 aromatic rings. The molecule has 12 heteroatoms. The van der Waals surface area contributed by atoms with Gasteiger partial charge in [0.05, 0.1) is 36.1 Å². The van der Waals surface area contributed by atoms with E-state index in [1.165, 1.54) is 12.1 Å². The first-order valence-electron chi connectivity index (χ1n) is 13.5. The van der Waals surface area contributed by atoms with Crippen molar-refractivity contribution >= 4 is 33.3 Å². The fourth-order valence-corrected chi connectivity index (χ4v) is 6.29. The molecule has 1 aliphatic carbocycles. The Bertz CT molecular complexity index is 1080. The number of hydrogen-bond acceptors (Lipinski definition) is 8. The Morgan fingerprint density at radius 2 is 1.72 bits per heavy atom. The lowest BCUT2D eigenvalue weighted by Gasteiger charge is -2.33. The average molecular weight is 592 g/mol. The molecule has 3 rings (SSSR count). The van der Waals surface area contributed by atoms with Crippen LogP contribution in [0.3, 0.4) is 0 Å². The zero-order valence-electron chi connectivity index (χ0n) is 22.7. The summed E-state index contributed by atoms with van der Waals surface area (Å²) >= 11 is 6.04. The van der Waals surface area contributed by atoms with Gasteiger partial charge in [0.25, 0.3) is 0 Å². The van der Waals surface area contributed by atoms with E-state index in [2.05, 4.69) is 18.6 Å². The highest BCUT2D eigenvalue weighted by Gasteiger charge is 2.52. The first kappa shape index (κ1) is 31.8. The van der Waals surface area contributed by atoms with Crippen LogP contribution in [0.1, 0.15) is 59.3 Å². The minimum Gasteiger partial charge on any atom is -0.463 e. The Kier molecular flexibility index (Phi) is 12.0. The van der Waals surface area contributed by atoms with E-state index in [9.17, 15) is 17.6 Å². The van der Waals surface area contributed by atoms with Crippen LogP contribution < -0.4 is 4.72 Å². The number of esters is 1. The minimum atomic E-state index is -4.19. The summed E-state index contributed by atoms with van der Waals surface area (Å²) in [7, 11) is -4.19. The molecule has 1 unspecified atom stereocenters. The zero-order chi connectivity index (χ0) is 28.5. The molecule has 9 nitrogen and oxygen atoms in total. The maximum absolute atomic E-state index is 13.5. The number of hydrogen-bond donors (Lipinski definition) is 1. The molecule has 1 saturated heterocycles. The van der Waals surface area contributed by atoms with Gasteiger partial charge in [0, 0.05) is 19.6 Å². The van der Waals surface area contributed by atoms with E-state index >= 15 is 0 Å². The summed E-state index contributed by atoms with van der Waals surface area (Å²) in [5.41, 5.74) is -0.101. The van der Waals surface area contributed by atoms with E-state index < -0.39 is 45.1 Å². The van der Waals surface area contributed by atoms with Crippen molar-refractivity contribution in [2.24, 2.45) is 0 Å². The molecular formula is C27H39ClFNO8S. The van der Waals surface area contributed by atoms with Gasteiger partial charge in [0.2, 0.25) is 10.0 Å². The van der Waals surface area contributed by atoms with E-state index in [-0.39, 0.29) is 48.9 Å². The molecule has 39 heavy (non-hydrogen) atoms. The van der Waals surface area contributed by atoms with Crippen molar-refractivity contribution < 1.29 is 41.3 Å². The summed E-state index contributed by atoms with van der Waals surface area (Å²) < 4.78 is 72.1. The first-order valence-corrected chi connectivity index (χ1v) is 15.4. The Labute approximate surface area is 235 Å². The summed E-state index contributed by atoms with van der Waals surface area (Å²) in [5.74, 6) is -2.73. The highest BCUT2D eigenvalue weighted by molar-refractivity contribution is 7.93. The van der Waals surface area contributed by atoms with Crippen LogP contribution in [0.5, 0.6) is 0 Å². The van der Waals surface area contributed by atoms with Crippen molar-refractivity contribution in [3.8, 4) is 0 Å². The lowest BCUT2D eigenvalue weighted by Crippen LogP contribution is -2.42. The summed E-state index contributed by atoms with van der Waals surface area (Å²) in [5, 5.41) is -1.37. The lowest BCUT2D eigenvalue weighted by atomic mass is 9.94. The average Bonchev–Trinajstić information content (AvgIpc) is 3.22. The molecule has 1 aliphatic heterocycles. The number of halogens is 2. The number of sulfonamides is 1. The highest BCUT2D eigenvalue weighted by Crippen LogP contribution is 2.42. The number of unbranched alkanes of at least 4 members (excludes halogenated alkanes) is 2. The van der Waals surface area contributed by atoms with Crippen LogP contribution in [-0.4, -0.2) is 70.7 Å². The Morgan fingerprint density at radius 1 is 1.10 bits per heavy atom. The number of carbonyl (C=O) groups is 1. The third-order valence-corrected chi connectivity index (χ3v) is 8.57. The largest absolute Gasteiger partial charge is 0.463 e. The number of ether oxygens (including phenoxy) is 5. The number of anilines is 1. The van der Waals surface area contributed by atoms with Gasteiger partial charge in [-0.05, 0) is 50.5 Å². The number of nitrogens with one attached hydrogen (secondary N) is 1. The number of carbonyl (C=O) groups excluding carboxylic acids is 1. The Hall–Kier alpha value is -1.76. The Balaban J connectivity index is 1.86.